The van der Waals surface area contributed by atoms with E-state index in [1.54, 1.807) is 24.3 Å². The third-order valence-corrected chi connectivity index (χ3v) is 1.48. The van der Waals surface area contributed by atoms with Gasteiger partial charge in [-0.25, -0.2) is 0 Å². The first-order valence-corrected chi connectivity index (χ1v) is 4.05. The van der Waals surface area contributed by atoms with Crippen LogP contribution in [-0.2, 0) is 9.59 Å². The zero-order valence-corrected chi connectivity index (χ0v) is 7.70. The molecule has 0 aliphatic carbocycles. The van der Waals surface area contributed by atoms with Gasteiger partial charge in [0.05, 0.1) is 0 Å². The van der Waals surface area contributed by atoms with Gasteiger partial charge in [0.25, 0.3) is 0 Å². The first kappa shape index (κ1) is 10.0. The topological polar surface area (TPSA) is 46.2 Å². The van der Waals surface area contributed by atoms with Crippen LogP contribution < -0.4 is 5.32 Å². The molecule has 0 saturated heterocycles. The van der Waals surface area contributed by atoms with Crippen molar-refractivity contribution in [2.24, 2.45) is 0 Å². The molecule has 0 heterocycles. The standard InChI is InChI=1S/C11H9NO2/c1-9(14)12-11-6-4-10(5-7-11)3-2-8-13/h4-8H,1H3,(H,12,14). The molecule has 1 aromatic rings. The molecule has 0 aliphatic heterocycles. The molecule has 0 aliphatic rings. The molecule has 1 amide bonds. The van der Waals surface area contributed by atoms with Crippen molar-refractivity contribution in [3.05, 3.63) is 29.8 Å². The van der Waals surface area contributed by atoms with Crippen molar-refractivity contribution >= 4 is 17.9 Å². The van der Waals surface area contributed by atoms with Crippen molar-refractivity contribution < 1.29 is 9.59 Å². The third kappa shape index (κ3) is 3.11. The first-order valence-electron chi connectivity index (χ1n) is 4.05. The summed E-state index contributed by atoms with van der Waals surface area (Å²) in [6, 6.07) is 6.94. The molecule has 0 fully saturated rings. The largest absolute Gasteiger partial charge is 0.326 e. The Labute approximate surface area is 82.1 Å². The predicted molar refractivity (Wildman–Crippen MR) is 53.7 cm³/mol. The lowest BCUT2D eigenvalue weighted by molar-refractivity contribution is -0.114. The van der Waals surface area contributed by atoms with Gasteiger partial charge in [-0.2, -0.15) is 0 Å². The molecular formula is C11H9NO2. The van der Waals surface area contributed by atoms with E-state index in [-0.39, 0.29) is 5.91 Å². The summed E-state index contributed by atoms with van der Waals surface area (Å²) in [6.07, 6.45) is 0.543. The van der Waals surface area contributed by atoms with Crippen LogP contribution in [0, 0.1) is 11.8 Å². The van der Waals surface area contributed by atoms with E-state index in [4.69, 9.17) is 0 Å². The summed E-state index contributed by atoms with van der Waals surface area (Å²) in [6.45, 7) is 1.44. The summed E-state index contributed by atoms with van der Waals surface area (Å²) < 4.78 is 0. The van der Waals surface area contributed by atoms with E-state index in [1.807, 2.05) is 0 Å². The molecule has 0 saturated carbocycles. The van der Waals surface area contributed by atoms with Crippen molar-refractivity contribution in [1.29, 1.82) is 0 Å². The summed E-state index contributed by atoms with van der Waals surface area (Å²) in [5.41, 5.74) is 1.46. The minimum absolute atomic E-state index is 0.114. The van der Waals surface area contributed by atoms with Crippen LogP contribution in [0.15, 0.2) is 24.3 Å². The Bertz CT molecular complexity index is 396. The van der Waals surface area contributed by atoms with E-state index in [1.165, 1.54) is 6.92 Å². The third-order valence-electron chi connectivity index (χ3n) is 1.48. The molecule has 0 radical (unpaired) electrons. The van der Waals surface area contributed by atoms with Crippen molar-refractivity contribution in [3.8, 4) is 11.8 Å². The Morgan fingerprint density at radius 3 is 2.50 bits per heavy atom. The summed E-state index contributed by atoms with van der Waals surface area (Å²) in [7, 11) is 0. The highest BCUT2D eigenvalue weighted by molar-refractivity contribution is 5.88. The van der Waals surface area contributed by atoms with Gasteiger partial charge in [-0.3, -0.25) is 9.59 Å². The Morgan fingerprint density at radius 2 is 2.00 bits per heavy atom. The minimum atomic E-state index is -0.114. The lowest BCUT2D eigenvalue weighted by atomic mass is 10.2. The Hall–Kier alpha value is -2.08. The summed E-state index contributed by atoms with van der Waals surface area (Å²) in [4.78, 5) is 20.6. The Kier molecular flexibility index (Phi) is 3.45. The second-order valence-electron chi connectivity index (χ2n) is 2.65. The van der Waals surface area contributed by atoms with Gasteiger partial charge in [0.2, 0.25) is 5.91 Å². The molecule has 0 atom stereocenters. The Morgan fingerprint density at radius 1 is 1.36 bits per heavy atom. The van der Waals surface area contributed by atoms with Crippen LogP contribution in [0.25, 0.3) is 0 Å². The zero-order valence-electron chi connectivity index (χ0n) is 7.70. The van der Waals surface area contributed by atoms with E-state index in [0.717, 1.165) is 5.56 Å². The monoisotopic (exact) mass is 187 g/mol. The first-order chi connectivity index (χ1) is 6.72. The molecule has 1 aromatic carbocycles. The van der Waals surface area contributed by atoms with Crippen LogP contribution in [-0.4, -0.2) is 12.2 Å². The van der Waals surface area contributed by atoms with Gasteiger partial charge < -0.3 is 5.32 Å². The fraction of sp³-hybridized carbons (Fsp3) is 0.0909. The fourth-order valence-corrected chi connectivity index (χ4v) is 0.953. The van der Waals surface area contributed by atoms with Crippen LogP contribution in [0.4, 0.5) is 5.69 Å². The SMILES string of the molecule is CC(=O)Nc1ccc(C#CC=O)cc1. The highest BCUT2D eigenvalue weighted by atomic mass is 16.1. The van der Waals surface area contributed by atoms with Gasteiger partial charge in [0.15, 0.2) is 6.29 Å². The average Bonchev–Trinajstić information content (AvgIpc) is 2.16. The normalized spacial score (nSPS) is 8.36. The number of nitrogens with one attached hydrogen (secondary N) is 1. The number of aldehydes is 1. The van der Waals surface area contributed by atoms with E-state index in [9.17, 15) is 9.59 Å². The number of carbonyl (C=O) groups is 2. The highest BCUT2D eigenvalue weighted by Gasteiger charge is 1.93. The highest BCUT2D eigenvalue weighted by Crippen LogP contribution is 2.08. The van der Waals surface area contributed by atoms with Crippen LogP contribution >= 0.6 is 0 Å². The number of rotatable bonds is 1. The van der Waals surface area contributed by atoms with E-state index in [2.05, 4.69) is 17.2 Å². The number of hydrogen-bond acceptors (Lipinski definition) is 2. The molecule has 3 nitrogen and oxygen atoms in total. The summed E-state index contributed by atoms with van der Waals surface area (Å²) in [5, 5.41) is 2.63. The van der Waals surface area contributed by atoms with E-state index < -0.39 is 0 Å². The van der Waals surface area contributed by atoms with Crippen molar-refractivity contribution in [3.63, 3.8) is 0 Å². The number of hydrogen-bond donors (Lipinski definition) is 1. The van der Waals surface area contributed by atoms with Gasteiger partial charge in [-0.05, 0) is 30.2 Å². The molecule has 1 rings (SSSR count). The van der Waals surface area contributed by atoms with Crippen LogP contribution in [0.5, 0.6) is 0 Å². The van der Waals surface area contributed by atoms with Crippen molar-refractivity contribution in [2.75, 3.05) is 5.32 Å². The molecule has 1 N–H and O–H groups in total. The van der Waals surface area contributed by atoms with Crippen LogP contribution in [0.2, 0.25) is 0 Å². The molecule has 0 aromatic heterocycles. The van der Waals surface area contributed by atoms with Gasteiger partial charge >= 0.3 is 0 Å². The van der Waals surface area contributed by atoms with Gasteiger partial charge in [-0.1, -0.05) is 5.92 Å². The average molecular weight is 187 g/mol. The number of anilines is 1. The molecule has 0 bridgehead atoms. The fourth-order valence-electron chi connectivity index (χ4n) is 0.953. The molecule has 70 valence electrons. The quantitative estimate of drug-likeness (QED) is 0.530. The zero-order chi connectivity index (χ0) is 10.4. The second-order valence-corrected chi connectivity index (χ2v) is 2.65. The summed E-state index contributed by atoms with van der Waals surface area (Å²) >= 11 is 0. The maximum atomic E-state index is 10.7. The molecule has 0 unspecified atom stereocenters. The lowest BCUT2D eigenvalue weighted by Gasteiger charge is -2.00. The maximum absolute atomic E-state index is 10.7. The molecule has 14 heavy (non-hydrogen) atoms. The molecule has 0 spiro atoms. The van der Waals surface area contributed by atoms with Crippen molar-refractivity contribution in [2.45, 2.75) is 6.92 Å². The predicted octanol–water partition coefficient (Wildman–Crippen LogP) is 1.20. The van der Waals surface area contributed by atoms with Gasteiger partial charge in [-0.15, -0.1) is 0 Å². The Balaban J connectivity index is 2.78. The molecule has 3 heteroatoms. The number of amides is 1. The minimum Gasteiger partial charge on any atom is -0.326 e. The van der Waals surface area contributed by atoms with Gasteiger partial charge in [0, 0.05) is 18.2 Å². The maximum Gasteiger partial charge on any atom is 0.221 e. The van der Waals surface area contributed by atoms with E-state index >= 15 is 0 Å². The second kappa shape index (κ2) is 4.83. The smallest absolute Gasteiger partial charge is 0.221 e. The number of carbonyl (C=O) groups excluding carboxylic acids is 2. The van der Waals surface area contributed by atoms with Crippen molar-refractivity contribution in [1.82, 2.24) is 0 Å². The van der Waals surface area contributed by atoms with Crippen LogP contribution in [0.3, 0.4) is 0 Å². The number of benzene rings is 1. The summed E-state index contributed by atoms with van der Waals surface area (Å²) in [5.74, 6) is 4.84. The van der Waals surface area contributed by atoms with Crippen LogP contribution in [0.1, 0.15) is 12.5 Å². The molecular weight excluding hydrogens is 178 g/mol. The lowest BCUT2D eigenvalue weighted by Crippen LogP contribution is -2.05. The van der Waals surface area contributed by atoms with E-state index in [0.29, 0.717) is 12.0 Å². The van der Waals surface area contributed by atoms with Gasteiger partial charge in [0.1, 0.15) is 0 Å².